The first-order valence-electron chi connectivity index (χ1n) is 7.96. The zero-order chi connectivity index (χ0) is 15.6. The molecule has 2 aromatic rings. The molecule has 118 valence electrons. The number of fused-ring (bicyclic) bond motifs is 4. The van der Waals surface area contributed by atoms with Crippen molar-refractivity contribution in [1.29, 1.82) is 0 Å². The Kier molecular flexibility index (Phi) is 2.60. The van der Waals surface area contributed by atoms with E-state index in [1.807, 2.05) is 28.7 Å². The van der Waals surface area contributed by atoms with Crippen molar-refractivity contribution in [3.8, 4) is 5.75 Å². The molecule has 2 unspecified atom stereocenters. The quantitative estimate of drug-likeness (QED) is 0.920. The predicted molar refractivity (Wildman–Crippen MR) is 86.3 cm³/mol. The van der Waals surface area contributed by atoms with Gasteiger partial charge in [0, 0.05) is 24.2 Å². The Morgan fingerprint density at radius 2 is 2.30 bits per heavy atom. The summed E-state index contributed by atoms with van der Waals surface area (Å²) in [6.45, 7) is 2.07. The number of carbonyl (C=O) groups excluding carboxylic acids is 1. The summed E-state index contributed by atoms with van der Waals surface area (Å²) in [5.41, 5.74) is 3.36. The molecule has 1 aromatic carbocycles. The van der Waals surface area contributed by atoms with Crippen LogP contribution in [0.1, 0.15) is 41.3 Å². The van der Waals surface area contributed by atoms with Gasteiger partial charge in [0.1, 0.15) is 5.75 Å². The molecule has 0 spiro atoms. The highest BCUT2D eigenvalue weighted by Gasteiger charge is 2.58. The number of benzene rings is 1. The molecule has 2 fully saturated rings. The fourth-order valence-corrected chi connectivity index (χ4v) is 4.68. The van der Waals surface area contributed by atoms with E-state index >= 15 is 0 Å². The van der Waals surface area contributed by atoms with Crippen molar-refractivity contribution in [3.63, 3.8) is 0 Å². The molecule has 0 radical (unpaired) electrons. The summed E-state index contributed by atoms with van der Waals surface area (Å²) in [5.74, 6) is 0.875. The van der Waals surface area contributed by atoms with E-state index in [0.717, 1.165) is 41.0 Å². The van der Waals surface area contributed by atoms with E-state index in [2.05, 4.69) is 23.3 Å². The number of aromatic nitrogens is 1. The van der Waals surface area contributed by atoms with Gasteiger partial charge in [-0.25, -0.2) is 4.79 Å². The molecule has 1 saturated carbocycles. The van der Waals surface area contributed by atoms with E-state index in [9.17, 15) is 4.79 Å². The third-order valence-electron chi connectivity index (χ3n) is 5.03. The molecule has 2 aliphatic heterocycles. The molecule has 6 heteroatoms. The minimum atomic E-state index is -0.712. The number of rotatable bonds is 2. The molecule has 23 heavy (non-hydrogen) atoms. The Balaban J connectivity index is 1.72. The van der Waals surface area contributed by atoms with Crippen LogP contribution in [-0.2, 0) is 5.72 Å². The number of aryl methyl sites for hydroxylation is 1. The second kappa shape index (κ2) is 4.47. The number of thiazole rings is 1. The van der Waals surface area contributed by atoms with Gasteiger partial charge in [0.25, 0.3) is 0 Å². The summed E-state index contributed by atoms with van der Waals surface area (Å²) < 4.78 is 6.54. The topological polar surface area (TPSA) is 54.5 Å². The van der Waals surface area contributed by atoms with Crippen LogP contribution in [-0.4, -0.2) is 22.0 Å². The Labute approximate surface area is 138 Å². The Morgan fingerprint density at radius 3 is 3.04 bits per heavy atom. The number of ether oxygens (including phenoxy) is 1. The first-order valence-corrected chi connectivity index (χ1v) is 8.84. The number of carbonyl (C=O) groups is 1. The summed E-state index contributed by atoms with van der Waals surface area (Å²) in [4.78, 5) is 20.0. The summed E-state index contributed by atoms with van der Waals surface area (Å²) >= 11 is 1.56. The van der Waals surface area contributed by atoms with Crippen LogP contribution >= 0.6 is 11.3 Å². The highest BCUT2D eigenvalue weighted by atomic mass is 32.1. The van der Waals surface area contributed by atoms with E-state index in [1.54, 1.807) is 11.3 Å². The monoisotopic (exact) mass is 327 g/mol. The van der Waals surface area contributed by atoms with Crippen LogP contribution in [0.25, 0.3) is 0 Å². The summed E-state index contributed by atoms with van der Waals surface area (Å²) in [5, 5.41) is 3.19. The molecule has 2 bridgehead atoms. The first kappa shape index (κ1) is 13.4. The zero-order valence-corrected chi connectivity index (χ0v) is 13.6. The largest absolute Gasteiger partial charge is 0.462 e. The standard InChI is InChI=1S/C17H17N3O2S/c1-10-3-2-4-13-15(10)12-7-17(22-13,14-8-18-9-23-14)20(11-5-6-11)16(21)19-12/h2-4,8-9,11-12H,5-7H2,1H3,(H,19,21). The van der Waals surface area contributed by atoms with Crippen LogP contribution in [0.2, 0.25) is 0 Å². The molecule has 1 aliphatic carbocycles. The molecule has 1 N–H and O–H groups in total. The lowest BCUT2D eigenvalue weighted by Crippen LogP contribution is -2.64. The van der Waals surface area contributed by atoms with Crippen molar-refractivity contribution in [2.24, 2.45) is 0 Å². The molecule has 3 aliphatic rings. The predicted octanol–water partition coefficient (Wildman–Crippen LogP) is 3.32. The average Bonchev–Trinajstić information content (AvgIpc) is 3.18. The van der Waals surface area contributed by atoms with Crippen molar-refractivity contribution in [3.05, 3.63) is 45.9 Å². The van der Waals surface area contributed by atoms with E-state index < -0.39 is 5.72 Å². The van der Waals surface area contributed by atoms with Crippen LogP contribution in [0, 0.1) is 6.92 Å². The van der Waals surface area contributed by atoms with Gasteiger partial charge in [-0.05, 0) is 31.4 Å². The normalized spacial score (nSPS) is 28.8. The number of urea groups is 1. The molecule has 1 saturated heterocycles. The van der Waals surface area contributed by atoms with E-state index in [4.69, 9.17) is 4.74 Å². The second-order valence-corrected chi connectivity index (χ2v) is 7.43. The molecule has 5 rings (SSSR count). The lowest BCUT2D eigenvalue weighted by atomic mass is 9.86. The van der Waals surface area contributed by atoms with Crippen LogP contribution < -0.4 is 10.1 Å². The van der Waals surface area contributed by atoms with Gasteiger partial charge >= 0.3 is 6.03 Å². The van der Waals surface area contributed by atoms with Gasteiger partial charge in [0.15, 0.2) is 0 Å². The number of hydrogen-bond donors (Lipinski definition) is 1. The third kappa shape index (κ3) is 1.78. The van der Waals surface area contributed by atoms with E-state index in [0.29, 0.717) is 0 Å². The molecular weight excluding hydrogens is 310 g/mol. The van der Waals surface area contributed by atoms with Crippen molar-refractivity contribution in [1.82, 2.24) is 15.2 Å². The first-order chi connectivity index (χ1) is 11.2. The Bertz CT molecular complexity index is 787. The molecule has 2 amide bonds. The average molecular weight is 327 g/mol. The van der Waals surface area contributed by atoms with Crippen molar-refractivity contribution >= 4 is 17.4 Å². The van der Waals surface area contributed by atoms with Gasteiger partial charge in [-0.15, -0.1) is 11.3 Å². The van der Waals surface area contributed by atoms with Gasteiger partial charge < -0.3 is 10.1 Å². The van der Waals surface area contributed by atoms with Crippen LogP contribution in [0.15, 0.2) is 29.9 Å². The highest BCUT2D eigenvalue weighted by Crippen LogP contribution is 2.53. The molecule has 2 atom stereocenters. The second-order valence-electron chi connectivity index (χ2n) is 6.55. The van der Waals surface area contributed by atoms with Gasteiger partial charge in [0.05, 0.1) is 16.4 Å². The number of nitrogens with zero attached hydrogens (tertiary/aromatic N) is 2. The maximum Gasteiger partial charge on any atom is 0.321 e. The van der Waals surface area contributed by atoms with Crippen LogP contribution in [0.5, 0.6) is 5.75 Å². The Hall–Kier alpha value is -2.08. The van der Waals surface area contributed by atoms with Gasteiger partial charge in [-0.3, -0.25) is 9.88 Å². The van der Waals surface area contributed by atoms with Crippen molar-refractivity contribution in [2.75, 3.05) is 0 Å². The van der Waals surface area contributed by atoms with Crippen molar-refractivity contribution < 1.29 is 9.53 Å². The van der Waals surface area contributed by atoms with E-state index in [-0.39, 0.29) is 18.1 Å². The molecule has 1 aromatic heterocycles. The fourth-order valence-electron chi connectivity index (χ4n) is 3.92. The van der Waals surface area contributed by atoms with Gasteiger partial charge in [-0.1, -0.05) is 12.1 Å². The molecular formula is C17H17N3O2S. The lowest BCUT2D eigenvalue weighted by molar-refractivity contribution is -0.107. The summed E-state index contributed by atoms with van der Waals surface area (Å²) in [6.07, 6.45) is 4.66. The number of hydrogen-bond acceptors (Lipinski definition) is 4. The molecule has 5 nitrogen and oxygen atoms in total. The minimum absolute atomic E-state index is 0.00968. The lowest BCUT2D eigenvalue weighted by Gasteiger charge is -2.52. The van der Waals surface area contributed by atoms with Crippen molar-refractivity contribution in [2.45, 2.75) is 44.0 Å². The number of amides is 2. The number of nitrogens with one attached hydrogen (secondary N) is 1. The van der Waals surface area contributed by atoms with Crippen LogP contribution in [0.4, 0.5) is 4.79 Å². The third-order valence-corrected chi connectivity index (χ3v) is 5.93. The van der Waals surface area contributed by atoms with Gasteiger partial charge in [0.2, 0.25) is 5.72 Å². The van der Waals surface area contributed by atoms with E-state index in [1.165, 1.54) is 0 Å². The highest BCUT2D eigenvalue weighted by molar-refractivity contribution is 7.09. The maximum absolute atomic E-state index is 12.8. The minimum Gasteiger partial charge on any atom is -0.462 e. The smallest absolute Gasteiger partial charge is 0.321 e. The SMILES string of the molecule is Cc1cccc2c1C1CC(c3cncs3)(O2)N(C2CC2)C(=O)N1. The molecule has 3 heterocycles. The van der Waals surface area contributed by atoms with Gasteiger partial charge in [-0.2, -0.15) is 0 Å². The maximum atomic E-state index is 12.8. The Morgan fingerprint density at radius 1 is 1.43 bits per heavy atom. The summed E-state index contributed by atoms with van der Waals surface area (Å²) in [7, 11) is 0. The van der Waals surface area contributed by atoms with Crippen LogP contribution in [0.3, 0.4) is 0 Å². The fraction of sp³-hybridized carbons (Fsp3) is 0.412. The summed E-state index contributed by atoms with van der Waals surface area (Å²) in [6, 6.07) is 6.33. The zero-order valence-electron chi connectivity index (χ0n) is 12.8.